The van der Waals surface area contributed by atoms with Crippen molar-refractivity contribution in [3.05, 3.63) is 76.3 Å². The molecule has 0 heterocycles. The van der Waals surface area contributed by atoms with Gasteiger partial charge in [-0.15, -0.1) is 0 Å². The van der Waals surface area contributed by atoms with Crippen molar-refractivity contribution >= 4 is 23.5 Å². The molecule has 2 nitrogen and oxygen atoms in total. The zero-order valence-electron chi connectivity index (χ0n) is 14.8. The Hall–Kier alpha value is -1.90. The molecule has 3 heteroatoms. The molecule has 3 rings (SSSR count). The quantitative estimate of drug-likeness (QED) is 0.717. The Bertz CT molecular complexity index is 767. The highest BCUT2D eigenvalue weighted by atomic mass is 35.5. The Kier molecular flexibility index (Phi) is 5.72. The summed E-state index contributed by atoms with van der Waals surface area (Å²) in [7, 11) is 4.06. The van der Waals surface area contributed by atoms with Crippen LogP contribution in [0.5, 0.6) is 0 Å². The number of benzene rings is 2. The molecule has 0 spiro atoms. The maximum Gasteiger partial charge on any atom is 0.163 e. The Balaban J connectivity index is 1.93. The van der Waals surface area contributed by atoms with E-state index in [-0.39, 0.29) is 11.7 Å². The second-order valence-electron chi connectivity index (χ2n) is 7.10. The van der Waals surface area contributed by atoms with E-state index in [2.05, 4.69) is 29.2 Å². The van der Waals surface area contributed by atoms with E-state index in [1.54, 1.807) is 0 Å². The highest BCUT2D eigenvalue weighted by molar-refractivity contribution is 6.30. The first-order valence-electron chi connectivity index (χ1n) is 8.73. The predicted molar refractivity (Wildman–Crippen MR) is 105 cm³/mol. The maximum atomic E-state index is 13.0. The van der Waals surface area contributed by atoms with Gasteiger partial charge in [-0.05, 0) is 67.8 Å². The van der Waals surface area contributed by atoms with E-state index in [9.17, 15) is 4.79 Å². The molecule has 2 atom stereocenters. The fourth-order valence-electron chi connectivity index (χ4n) is 3.67. The molecule has 2 aromatic rings. The summed E-state index contributed by atoms with van der Waals surface area (Å²) < 4.78 is 0. The van der Waals surface area contributed by atoms with Crippen molar-refractivity contribution in [2.75, 3.05) is 20.6 Å². The highest BCUT2D eigenvalue weighted by Gasteiger charge is 2.33. The van der Waals surface area contributed by atoms with Gasteiger partial charge >= 0.3 is 0 Å². The van der Waals surface area contributed by atoms with Gasteiger partial charge in [0.25, 0.3) is 0 Å². The lowest BCUT2D eigenvalue weighted by molar-refractivity contribution is -0.121. The van der Waals surface area contributed by atoms with Gasteiger partial charge in [-0.25, -0.2) is 0 Å². The van der Waals surface area contributed by atoms with Crippen LogP contribution in [0.3, 0.4) is 0 Å². The zero-order valence-corrected chi connectivity index (χ0v) is 15.5. The Morgan fingerprint density at radius 2 is 1.88 bits per heavy atom. The van der Waals surface area contributed by atoms with Crippen LogP contribution in [0, 0.1) is 5.92 Å². The molecule has 2 aromatic carbocycles. The first kappa shape index (κ1) is 17.9. The number of hydrogen-bond acceptors (Lipinski definition) is 2. The van der Waals surface area contributed by atoms with E-state index in [1.807, 2.05) is 50.5 Å². The molecule has 1 aliphatic carbocycles. The van der Waals surface area contributed by atoms with Crippen molar-refractivity contribution in [1.29, 1.82) is 0 Å². The van der Waals surface area contributed by atoms with Crippen LogP contribution < -0.4 is 0 Å². The molecular weight excluding hydrogens is 330 g/mol. The van der Waals surface area contributed by atoms with Gasteiger partial charge in [0.15, 0.2) is 5.78 Å². The smallest absolute Gasteiger partial charge is 0.163 e. The lowest BCUT2D eigenvalue weighted by Crippen LogP contribution is -2.34. The summed E-state index contributed by atoms with van der Waals surface area (Å²) in [6.07, 6.45) is 3.72. The minimum atomic E-state index is 0.0411. The molecule has 1 saturated carbocycles. The van der Waals surface area contributed by atoms with Gasteiger partial charge in [0, 0.05) is 17.5 Å². The number of Topliss-reactive ketones (excluding diaryl/α,β-unsaturated/α-hetero) is 1. The summed E-state index contributed by atoms with van der Waals surface area (Å²) in [5, 5.41) is 0.696. The van der Waals surface area contributed by atoms with Gasteiger partial charge in [0.2, 0.25) is 0 Å². The Labute approximate surface area is 155 Å². The molecule has 1 aliphatic rings. The normalized spacial score (nSPS) is 22.6. The molecule has 0 radical (unpaired) electrons. The third-order valence-electron chi connectivity index (χ3n) is 4.77. The van der Waals surface area contributed by atoms with Crippen LogP contribution in [0.1, 0.15) is 29.9 Å². The van der Waals surface area contributed by atoms with Crippen molar-refractivity contribution < 1.29 is 4.79 Å². The molecule has 0 amide bonds. The highest BCUT2D eigenvalue weighted by Crippen LogP contribution is 2.38. The second kappa shape index (κ2) is 7.99. The van der Waals surface area contributed by atoms with Crippen molar-refractivity contribution in [2.24, 2.45) is 5.92 Å². The van der Waals surface area contributed by atoms with Crippen molar-refractivity contribution in [1.82, 2.24) is 4.90 Å². The Morgan fingerprint density at radius 1 is 1.12 bits per heavy atom. The number of hydrogen-bond donors (Lipinski definition) is 0. The molecule has 0 aliphatic heterocycles. The van der Waals surface area contributed by atoms with E-state index in [4.69, 9.17) is 11.6 Å². The van der Waals surface area contributed by atoms with Crippen LogP contribution in [-0.4, -0.2) is 31.3 Å². The molecule has 1 fully saturated rings. The topological polar surface area (TPSA) is 20.3 Å². The third kappa shape index (κ3) is 4.59. The lowest BCUT2D eigenvalue weighted by atomic mass is 9.74. The van der Waals surface area contributed by atoms with Gasteiger partial charge in [-0.3, -0.25) is 4.79 Å². The molecule has 0 N–H and O–H groups in total. The van der Waals surface area contributed by atoms with Crippen LogP contribution in [0.2, 0.25) is 5.02 Å². The number of carbonyl (C=O) groups is 1. The largest absolute Gasteiger partial charge is 0.309 e. The number of halogens is 1. The van der Waals surface area contributed by atoms with Crippen molar-refractivity contribution in [2.45, 2.75) is 18.8 Å². The van der Waals surface area contributed by atoms with Crippen molar-refractivity contribution in [3.63, 3.8) is 0 Å². The van der Waals surface area contributed by atoms with Gasteiger partial charge in [0.05, 0.1) is 0 Å². The molecular formula is C22H24ClNO. The Morgan fingerprint density at radius 3 is 2.56 bits per heavy atom. The van der Waals surface area contributed by atoms with E-state index in [0.717, 1.165) is 30.5 Å². The summed E-state index contributed by atoms with van der Waals surface area (Å²) in [5.74, 6) is 0.703. The summed E-state index contributed by atoms with van der Waals surface area (Å²) in [5.41, 5.74) is 3.22. The van der Waals surface area contributed by atoms with Crippen LogP contribution >= 0.6 is 11.6 Å². The first-order chi connectivity index (χ1) is 12.0. The molecule has 0 saturated heterocycles. The fraction of sp³-hybridized carbons (Fsp3) is 0.318. The summed E-state index contributed by atoms with van der Waals surface area (Å²) in [6, 6.07) is 18.2. The van der Waals surface area contributed by atoms with Crippen LogP contribution in [-0.2, 0) is 4.79 Å². The number of carbonyl (C=O) groups excluding carboxylic acids is 1. The summed E-state index contributed by atoms with van der Waals surface area (Å²) in [6.45, 7) is 0.787. The number of rotatable bonds is 4. The molecule has 0 aromatic heterocycles. The zero-order chi connectivity index (χ0) is 17.8. The average molecular weight is 354 g/mol. The van der Waals surface area contributed by atoms with Gasteiger partial charge < -0.3 is 4.90 Å². The van der Waals surface area contributed by atoms with E-state index in [1.165, 1.54) is 5.56 Å². The number of nitrogens with zero attached hydrogens (tertiary/aromatic N) is 1. The summed E-state index contributed by atoms with van der Waals surface area (Å²) in [4.78, 5) is 15.1. The van der Waals surface area contributed by atoms with Crippen LogP contribution in [0.25, 0.3) is 6.08 Å². The minimum absolute atomic E-state index is 0.0411. The van der Waals surface area contributed by atoms with Gasteiger partial charge in [-0.2, -0.15) is 0 Å². The van der Waals surface area contributed by atoms with Gasteiger partial charge in [0.1, 0.15) is 0 Å². The molecule has 0 bridgehead atoms. The molecule has 130 valence electrons. The lowest BCUT2D eigenvalue weighted by Gasteiger charge is -2.32. The van der Waals surface area contributed by atoms with E-state index < -0.39 is 0 Å². The summed E-state index contributed by atoms with van der Waals surface area (Å²) >= 11 is 6.10. The second-order valence-corrected chi connectivity index (χ2v) is 7.53. The maximum absolute atomic E-state index is 13.0. The molecule has 2 unspecified atom stereocenters. The third-order valence-corrected chi connectivity index (χ3v) is 5.00. The van der Waals surface area contributed by atoms with Gasteiger partial charge in [-0.1, -0.05) is 54.1 Å². The fourth-order valence-corrected chi connectivity index (χ4v) is 3.87. The minimum Gasteiger partial charge on any atom is -0.309 e. The van der Waals surface area contributed by atoms with E-state index in [0.29, 0.717) is 10.9 Å². The standard InChI is InChI=1S/C22H24ClNO/c1-24(2)15-20-14-18(17-8-4-3-5-9-17)13-19(22(20)25)11-16-7-6-10-21(23)12-16/h3-12,18,20H,13-15H2,1-2H3. The number of ketones is 1. The molecule has 25 heavy (non-hydrogen) atoms. The SMILES string of the molecule is CN(C)CC1CC(c2ccccc2)CC(=Cc2cccc(Cl)c2)C1=O. The van der Waals surface area contributed by atoms with Crippen molar-refractivity contribution in [3.8, 4) is 0 Å². The number of allylic oxidation sites excluding steroid dienone is 1. The predicted octanol–water partition coefficient (Wildman–Crippen LogP) is 5.05. The van der Waals surface area contributed by atoms with E-state index >= 15 is 0 Å². The monoisotopic (exact) mass is 353 g/mol. The van der Waals surface area contributed by atoms with Crippen LogP contribution in [0.15, 0.2) is 60.2 Å². The van der Waals surface area contributed by atoms with Crippen LogP contribution in [0.4, 0.5) is 0 Å². The first-order valence-corrected chi connectivity index (χ1v) is 9.11. The average Bonchev–Trinajstić information content (AvgIpc) is 2.59.